The Kier molecular flexibility index (Phi) is 5.08. The molecule has 6 nitrogen and oxygen atoms in total. The van der Waals surface area contributed by atoms with Crippen LogP contribution in [0.5, 0.6) is 0 Å². The fourth-order valence-electron chi connectivity index (χ4n) is 3.68. The Hall–Kier alpha value is -2.80. The monoisotopic (exact) mass is 407 g/mol. The van der Waals surface area contributed by atoms with E-state index in [1.165, 1.54) is 16.0 Å². The molecule has 1 aliphatic rings. The van der Waals surface area contributed by atoms with Crippen LogP contribution in [0.15, 0.2) is 29.3 Å². The standard InChI is InChI=1S/C22H25N5OS/c1-6-23-18(28)11-17-21-26-25-15(5)27(21)22-19(13(3)14(4)29-22)20(24-17)16-9-7-12(2)8-10-16/h7-10,17H,6,11H2,1-5H3,(H,23,28)/t17-/m0/s1. The van der Waals surface area contributed by atoms with Crippen LogP contribution in [0.25, 0.3) is 5.00 Å². The number of benzene rings is 1. The molecule has 0 saturated carbocycles. The van der Waals surface area contributed by atoms with Gasteiger partial charge in [0.15, 0.2) is 5.82 Å². The normalized spacial score (nSPS) is 15.3. The maximum Gasteiger partial charge on any atom is 0.222 e. The summed E-state index contributed by atoms with van der Waals surface area (Å²) in [5, 5.41) is 12.7. The third-order valence-corrected chi connectivity index (χ3v) is 6.51. The number of hydrogen-bond donors (Lipinski definition) is 1. The van der Waals surface area contributed by atoms with Gasteiger partial charge in [-0.1, -0.05) is 29.8 Å². The number of aryl methyl sites for hydroxylation is 3. The number of carbonyl (C=O) groups excluding carboxylic acids is 1. The highest BCUT2D eigenvalue weighted by atomic mass is 32.1. The number of rotatable bonds is 4. The first-order valence-corrected chi connectivity index (χ1v) is 10.7. The minimum absolute atomic E-state index is 0.0325. The van der Waals surface area contributed by atoms with Gasteiger partial charge < -0.3 is 5.32 Å². The van der Waals surface area contributed by atoms with Crippen molar-refractivity contribution in [1.29, 1.82) is 0 Å². The summed E-state index contributed by atoms with van der Waals surface area (Å²) >= 11 is 1.73. The van der Waals surface area contributed by atoms with Crippen LogP contribution in [0.3, 0.4) is 0 Å². The number of nitrogens with one attached hydrogen (secondary N) is 1. The van der Waals surface area contributed by atoms with E-state index in [1.54, 1.807) is 11.3 Å². The van der Waals surface area contributed by atoms with Crippen LogP contribution in [0.2, 0.25) is 0 Å². The lowest BCUT2D eigenvalue weighted by atomic mass is 9.99. The van der Waals surface area contributed by atoms with E-state index in [-0.39, 0.29) is 12.3 Å². The van der Waals surface area contributed by atoms with Gasteiger partial charge in [-0.05, 0) is 40.2 Å². The van der Waals surface area contributed by atoms with Crippen molar-refractivity contribution in [3.8, 4) is 5.00 Å². The van der Waals surface area contributed by atoms with E-state index in [0.29, 0.717) is 6.54 Å². The second-order valence-electron chi connectivity index (χ2n) is 7.42. The van der Waals surface area contributed by atoms with Crippen molar-refractivity contribution in [2.75, 3.05) is 6.54 Å². The molecule has 0 bridgehead atoms. The van der Waals surface area contributed by atoms with E-state index in [4.69, 9.17) is 4.99 Å². The van der Waals surface area contributed by atoms with Crippen LogP contribution in [-0.4, -0.2) is 32.9 Å². The highest BCUT2D eigenvalue weighted by molar-refractivity contribution is 7.15. The molecule has 1 aliphatic heterocycles. The summed E-state index contributed by atoms with van der Waals surface area (Å²) in [5.74, 6) is 1.50. The largest absolute Gasteiger partial charge is 0.356 e. The van der Waals surface area contributed by atoms with Crippen molar-refractivity contribution in [1.82, 2.24) is 20.1 Å². The Morgan fingerprint density at radius 1 is 1.14 bits per heavy atom. The van der Waals surface area contributed by atoms with E-state index in [2.05, 4.69) is 65.1 Å². The van der Waals surface area contributed by atoms with Gasteiger partial charge in [0, 0.05) is 22.5 Å². The summed E-state index contributed by atoms with van der Waals surface area (Å²) in [4.78, 5) is 18.8. The van der Waals surface area contributed by atoms with Gasteiger partial charge in [0.2, 0.25) is 5.91 Å². The number of carbonyl (C=O) groups is 1. The van der Waals surface area contributed by atoms with E-state index in [0.717, 1.165) is 33.5 Å². The molecule has 150 valence electrons. The van der Waals surface area contributed by atoms with Crippen molar-refractivity contribution < 1.29 is 4.79 Å². The van der Waals surface area contributed by atoms with Gasteiger partial charge in [-0.2, -0.15) is 0 Å². The molecule has 0 unspecified atom stereocenters. The second kappa shape index (κ2) is 7.55. The molecule has 1 atom stereocenters. The predicted molar refractivity (Wildman–Crippen MR) is 116 cm³/mol. The summed E-state index contributed by atoms with van der Waals surface area (Å²) in [6.07, 6.45) is 0.244. The van der Waals surface area contributed by atoms with Gasteiger partial charge in [-0.25, -0.2) is 0 Å². The molecule has 29 heavy (non-hydrogen) atoms. The number of thiophene rings is 1. The first-order chi connectivity index (χ1) is 13.9. The van der Waals surface area contributed by atoms with Crippen LogP contribution in [0.4, 0.5) is 0 Å². The molecule has 2 aromatic heterocycles. The fourth-order valence-corrected chi connectivity index (χ4v) is 4.90. The molecule has 1 amide bonds. The molecule has 1 aromatic carbocycles. The van der Waals surface area contributed by atoms with Crippen molar-refractivity contribution in [2.24, 2.45) is 4.99 Å². The van der Waals surface area contributed by atoms with Crippen LogP contribution in [0, 0.1) is 27.7 Å². The molecule has 0 fully saturated rings. The van der Waals surface area contributed by atoms with Gasteiger partial charge in [0.1, 0.15) is 16.9 Å². The molecule has 3 aromatic rings. The maximum absolute atomic E-state index is 12.4. The molecule has 0 aliphatic carbocycles. The zero-order chi connectivity index (χ0) is 20.7. The fraction of sp³-hybridized carbons (Fsp3) is 0.364. The molecule has 0 spiro atoms. The minimum atomic E-state index is -0.390. The summed E-state index contributed by atoms with van der Waals surface area (Å²) in [7, 11) is 0. The zero-order valence-corrected chi connectivity index (χ0v) is 18.2. The van der Waals surface area contributed by atoms with Crippen molar-refractivity contribution in [3.63, 3.8) is 0 Å². The molecule has 1 N–H and O–H groups in total. The van der Waals surface area contributed by atoms with E-state index < -0.39 is 6.04 Å². The van der Waals surface area contributed by atoms with E-state index >= 15 is 0 Å². The minimum Gasteiger partial charge on any atom is -0.356 e. The van der Waals surface area contributed by atoms with Crippen LogP contribution in [0.1, 0.15) is 58.2 Å². The third kappa shape index (κ3) is 3.40. The number of aromatic nitrogens is 3. The maximum atomic E-state index is 12.4. The molecule has 0 saturated heterocycles. The van der Waals surface area contributed by atoms with Crippen LogP contribution >= 0.6 is 11.3 Å². The average Bonchev–Trinajstić information content (AvgIpc) is 3.15. The Morgan fingerprint density at radius 2 is 1.86 bits per heavy atom. The van der Waals surface area contributed by atoms with Crippen LogP contribution < -0.4 is 5.32 Å². The average molecular weight is 408 g/mol. The zero-order valence-electron chi connectivity index (χ0n) is 17.4. The van der Waals surface area contributed by atoms with Gasteiger partial charge in [0.05, 0.1) is 12.1 Å². The smallest absolute Gasteiger partial charge is 0.222 e. The topological polar surface area (TPSA) is 72.2 Å². The van der Waals surface area contributed by atoms with Crippen molar-refractivity contribution in [2.45, 2.75) is 47.1 Å². The van der Waals surface area contributed by atoms with E-state index in [1.807, 2.05) is 13.8 Å². The van der Waals surface area contributed by atoms with Gasteiger partial charge >= 0.3 is 0 Å². The molecule has 4 rings (SSSR count). The lowest BCUT2D eigenvalue weighted by Gasteiger charge is -2.12. The first kappa shape index (κ1) is 19.5. The highest BCUT2D eigenvalue weighted by Crippen LogP contribution is 2.39. The number of hydrogen-bond acceptors (Lipinski definition) is 5. The number of fused-ring (bicyclic) bond motifs is 3. The molecule has 0 radical (unpaired) electrons. The Balaban J connectivity index is 1.96. The predicted octanol–water partition coefficient (Wildman–Crippen LogP) is 3.98. The van der Waals surface area contributed by atoms with Crippen LogP contribution in [-0.2, 0) is 4.79 Å². The summed E-state index contributed by atoms with van der Waals surface area (Å²) in [5.41, 5.74) is 5.49. The quantitative estimate of drug-likeness (QED) is 0.711. The van der Waals surface area contributed by atoms with Gasteiger partial charge in [-0.3, -0.25) is 14.4 Å². The lowest BCUT2D eigenvalue weighted by molar-refractivity contribution is -0.121. The Bertz CT molecular complexity index is 1110. The first-order valence-electron chi connectivity index (χ1n) is 9.84. The van der Waals surface area contributed by atoms with Crippen molar-refractivity contribution in [3.05, 3.63) is 63.0 Å². The summed E-state index contributed by atoms with van der Waals surface area (Å²) in [6, 6.07) is 8.01. The lowest BCUT2D eigenvalue weighted by Crippen LogP contribution is -2.25. The van der Waals surface area contributed by atoms with Gasteiger partial charge in [0.25, 0.3) is 0 Å². The SMILES string of the molecule is CCNC(=O)C[C@@H]1N=C(c2ccc(C)cc2)c2c(sc(C)c2C)-n2c(C)nnc21. The van der Waals surface area contributed by atoms with Crippen molar-refractivity contribution >= 4 is 23.0 Å². The van der Waals surface area contributed by atoms with E-state index in [9.17, 15) is 4.79 Å². The van der Waals surface area contributed by atoms with Gasteiger partial charge in [-0.15, -0.1) is 21.5 Å². The number of amides is 1. The third-order valence-electron chi connectivity index (χ3n) is 5.32. The number of nitrogens with zero attached hydrogens (tertiary/aromatic N) is 4. The second-order valence-corrected chi connectivity index (χ2v) is 8.62. The summed E-state index contributed by atoms with van der Waals surface area (Å²) < 4.78 is 2.08. The molecule has 3 heterocycles. The molecular weight excluding hydrogens is 382 g/mol. The summed E-state index contributed by atoms with van der Waals surface area (Å²) in [6.45, 7) is 10.8. The highest BCUT2D eigenvalue weighted by Gasteiger charge is 2.32. The Labute approximate surface area is 174 Å². The molecular formula is C22H25N5OS. The number of aliphatic imine (C=N–C) groups is 1. The molecule has 7 heteroatoms. The Morgan fingerprint density at radius 3 is 2.55 bits per heavy atom.